The lowest BCUT2D eigenvalue weighted by atomic mass is 9.97. The van der Waals surface area contributed by atoms with Crippen LogP contribution in [-0.4, -0.2) is 40.9 Å². The lowest BCUT2D eigenvalue weighted by Crippen LogP contribution is -2.41. The molecular formula is C25H26ClN3O3S. The second-order valence-corrected chi connectivity index (χ2v) is 10.5. The maximum Gasteiger partial charge on any atom is 0.230 e. The third-order valence-electron chi connectivity index (χ3n) is 6.44. The van der Waals surface area contributed by atoms with E-state index in [1.807, 2.05) is 31.2 Å². The van der Waals surface area contributed by atoms with Gasteiger partial charge in [-0.25, -0.2) is 0 Å². The summed E-state index contributed by atoms with van der Waals surface area (Å²) in [6.07, 6.45) is 3.46. The molecule has 2 atom stereocenters. The number of benzene rings is 1. The fourth-order valence-corrected chi connectivity index (χ4v) is 6.04. The molecule has 5 rings (SSSR count). The summed E-state index contributed by atoms with van der Waals surface area (Å²) in [7, 11) is 0. The number of halogens is 1. The zero-order valence-corrected chi connectivity index (χ0v) is 20.3. The first kappa shape index (κ1) is 22.3. The van der Waals surface area contributed by atoms with E-state index in [0.717, 1.165) is 57.0 Å². The molecule has 33 heavy (non-hydrogen) atoms. The number of rotatable bonds is 5. The molecule has 0 saturated carbocycles. The average Bonchev–Trinajstić information content (AvgIpc) is 3.34. The van der Waals surface area contributed by atoms with Crippen LogP contribution >= 0.6 is 22.9 Å². The average molecular weight is 484 g/mol. The number of thiophene rings is 1. The van der Waals surface area contributed by atoms with Gasteiger partial charge in [-0.1, -0.05) is 18.5 Å². The zero-order chi connectivity index (χ0) is 23.1. The fraction of sp³-hybridized carbons (Fsp3) is 0.400. The number of hydrogen-bond donors (Lipinski definition) is 1. The summed E-state index contributed by atoms with van der Waals surface area (Å²) in [6.45, 7) is 6.41. The number of nitrogens with one attached hydrogen (secondary N) is 1. The molecule has 2 fully saturated rings. The van der Waals surface area contributed by atoms with Crippen LogP contribution in [0.5, 0.6) is 5.75 Å². The quantitative estimate of drug-likeness (QED) is 0.520. The van der Waals surface area contributed by atoms with Crippen LogP contribution in [0, 0.1) is 12.8 Å². The van der Waals surface area contributed by atoms with Crippen LogP contribution < -0.4 is 10.1 Å². The van der Waals surface area contributed by atoms with E-state index in [1.54, 1.807) is 17.5 Å². The van der Waals surface area contributed by atoms with Crippen molar-refractivity contribution in [2.24, 2.45) is 5.92 Å². The molecule has 2 aliphatic rings. The molecule has 4 heterocycles. The van der Waals surface area contributed by atoms with Crippen molar-refractivity contribution >= 4 is 45.0 Å². The molecule has 6 nitrogen and oxygen atoms in total. The Morgan fingerprint density at radius 3 is 2.76 bits per heavy atom. The van der Waals surface area contributed by atoms with E-state index < -0.39 is 0 Å². The Morgan fingerprint density at radius 2 is 2.00 bits per heavy atom. The van der Waals surface area contributed by atoms with E-state index in [1.165, 1.54) is 4.90 Å². The predicted molar refractivity (Wildman–Crippen MR) is 131 cm³/mol. The van der Waals surface area contributed by atoms with Crippen LogP contribution in [0.3, 0.4) is 0 Å². The molecule has 8 heteroatoms. The van der Waals surface area contributed by atoms with Crippen LogP contribution in [0.2, 0.25) is 5.02 Å². The van der Waals surface area contributed by atoms with Crippen molar-refractivity contribution in [1.82, 2.24) is 15.2 Å². The zero-order valence-electron chi connectivity index (χ0n) is 18.7. The Hall–Kier alpha value is -2.48. The number of ether oxygens (including phenoxy) is 1. The first-order chi connectivity index (χ1) is 15.9. The minimum atomic E-state index is -0.108. The minimum absolute atomic E-state index is 0.108. The second-order valence-electron chi connectivity index (χ2n) is 8.88. The summed E-state index contributed by atoms with van der Waals surface area (Å²) in [5, 5.41) is 4.08. The lowest BCUT2D eigenvalue weighted by molar-refractivity contribution is -0.138. The summed E-state index contributed by atoms with van der Waals surface area (Å²) in [4.78, 5) is 31.0. The number of piperidine rings is 1. The summed E-state index contributed by atoms with van der Waals surface area (Å²) < 4.78 is 7.62. The summed E-state index contributed by atoms with van der Waals surface area (Å²) in [5.74, 6) is 1.04. The van der Waals surface area contributed by atoms with Gasteiger partial charge in [-0.3, -0.25) is 19.5 Å². The van der Waals surface area contributed by atoms with Gasteiger partial charge in [0.15, 0.2) is 0 Å². The number of hydrogen-bond acceptors (Lipinski definition) is 6. The standard InChI is InChI=1S/C25H26ClN3O3S/c1-14-9-16(26)10-19(24(14)32-21-6-7-27-12-15(21)2)18-5-8-28-20-11-17(33-25(18)20)13-29-22(30)3-4-23(29)31/h5,8-11,15,21,27H,3-4,6-7,12-13H2,1-2H3. The topological polar surface area (TPSA) is 71.5 Å². The lowest BCUT2D eigenvalue weighted by Gasteiger charge is -2.31. The Labute approximate surface area is 201 Å². The maximum atomic E-state index is 12.1. The van der Waals surface area contributed by atoms with Gasteiger partial charge in [0.1, 0.15) is 11.9 Å². The maximum absolute atomic E-state index is 12.1. The van der Waals surface area contributed by atoms with E-state index in [9.17, 15) is 9.59 Å². The van der Waals surface area contributed by atoms with Crippen LogP contribution in [0.1, 0.15) is 36.6 Å². The highest BCUT2D eigenvalue weighted by atomic mass is 35.5. The number of carbonyl (C=O) groups is 2. The van der Waals surface area contributed by atoms with E-state index in [0.29, 0.717) is 30.3 Å². The van der Waals surface area contributed by atoms with Crippen molar-refractivity contribution in [2.45, 2.75) is 45.8 Å². The Morgan fingerprint density at radius 1 is 1.21 bits per heavy atom. The second kappa shape index (κ2) is 9.05. The van der Waals surface area contributed by atoms with Crippen molar-refractivity contribution in [3.8, 4) is 16.9 Å². The number of imide groups is 1. The number of likely N-dealkylation sites (tertiary alicyclic amines) is 1. The highest BCUT2D eigenvalue weighted by molar-refractivity contribution is 7.19. The van der Waals surface area contributed by atoms with Gasteiger partial charge in [0.2, 0.25) is 11.8 Å². The predicted octanol–water partition coefficient (Wildman–Crippen LogP) is 4.95. The Balaban J connectivity index is 1.55. The highest BCUT2D eigenvalue weighted by Crippen LogP contribution is 2.42. The molecule has 2 aromatic heterocycles. The summed E-state index contributed by atoms with van der Waals surface area (Å²) in [6, 6.07) is 7.85. The van der Waals surface area contributed by atoms with E-state index >= 15 is 0 Å². The van der Waals surface area contributed by atoms with Crippen molar-refractivity contribution in [3.63, 3.8) is 0 Å². The number of aromatic nitrogens is 1. The normalized spacial score (nSPS) is 21.2. The molecule has 172 valence electrons. The van der Waals surface area contributed by atoms with Gasteiger partial charge < -0.3 is 10.1 Å². The van der Waals surface area contributed by atoms with E-state index in [-0.39, 0.29) is 17.9 Å². The fourth-order valence-electron chi connectivity index (χ4n) is 4.64. The smallest absolute Gasteiger partial charge is 0.230 e. The first-order valence-corrected chi connectivity index (χ1v) is 12.5. The van der Waals surface area contributed by atoms with E-state index in [4.69, 9.17) is 16.3 Å². The number of nitrogens with zero attached hydrogens (tertiary/aromatic N) is 2. The van der Waals surface area contributed by atoms with Crippen LogP contribution in [0.15, 0.2) is 30.5 Å². The molecule has 1 aromatic carbocycles. The van der Waals surface area contributed by atoms with Gasteiger partial charge in [-0.05, 0) is 49.7 Å². The van der Waals surface area contributed by atoms with E-state index in [2.05, 4.69) is 17.2 Å². The van der Waals surface area contributed by atoms with Gasteiger partial charge in [0.05, 0.1) is 16.8 Å². The van der Waals surface area contributed by atoms with Crippen molar-refractivity contribution in [3.05, 3.63) is 45.9 Å². The monoisotopic (exact) mass is 483 g/mol. The number of fused-ring (bicyclic) bond motifs is 1. The molecule has 0 radical (unpaired) electrons. The van der Waals surface area contributed by atoms with Crippen LogP contribution in [-0.2, 0) is 16.1 Å². The Kier molecular flexibility index (Phi) is 6.12. The summed E-state index contributed by atoms with van der Waals surface area (Å²) >= 11 is 8.05. The molecule has 1 N–H and O–H groups in total. The minimum Gasteiger partial charge on any atom is -0.489 e. The third-order valence-corrected chi connectivity index (χ3v) is 7.80. The molecule has 3 aromatic rings. The number of aryl methyl sites for hydroxylation is 1. The first-order valence-electron chi connectivity index (χ1n) is 11.3. The molecule has 2 amide bonds. The van der Waals surface area contributed by atoms with Gasteiger partial charge in [-0.2, -0.15) is 0 Å². The van der Waals surface area contributed by atoms with Gasteiger partial charge >= 0.3 is 0 Å². The molecule has 0 aliphatic carbocycles. The van der Waals surface area contributed by atoms with Crippen molar-refractivity contribution in [1.29, 1.82) is 0 Å². The summed E-state index contributed by atoms with van der Waals surface area (Å²) in [5.41, 5.74) is 3.78. The SMILES string of the molecule is Cc1cc(Cl)cc(-c2ccnc3cc(CN4C(=O)CCC4=O)sc23)c1OC1CCNCC1C. The number of amides is 2. The Bertz CT molecular complexity index is 1230. The van der Waals surface area contributed by atoms with Gasteiger partial charge in [0, 0.05) is 52.5 Å². The number of carbonyl (C=O) groups excluding carboxylic acids is 2. The molecule has 2 aliphatic heterocycles. The molecule has 2 saturated heterocycles. The van der Waals surface area contributed by atoms with Gasteiger partial charge in [-0.15, -0.1) is 11.3 Å². The molecule has 0 spiro atoms. The van der Waals surface area contributed by atoms with Crippen LogP contribution in [0.4, 0.5) is 0 Å². The highest BCUT2D eigenvalue weighted by Gasteiger charge is 2.30. The van der Waals surface area contributed by atoms with Gasteiger partial charge in [0.25, 0.3) is 0 Å². The molecule has 2 unspecified atom stereocenters. The number of pyridine rings is 1. The third kappa shape index (κ3) is 4.37. The largest absolute Gasteiger partial charge is 0.489 e. The van der Waals surface area contributed by atoms with Crippen molar-refractivity contribution < 1.29 is 14.3 Å². The van der Waals surface area contributed by atoms with Crippen LogP contribution in [0.25, 0.3) is 21.3 Å². The van der Waals surface area contributed by atoms with Crippen molar-refractivity contribution in [2.75, 3.05) is 13.1 Å². The molecular weight excluding hydrogens is 458 g/mol. The molecule has 0 bridgehead atoms.